The number of hydrogen-bond acceptors (Lipinski definition) is 2. The molecule has 0 radical (unpaired) electrons. The van der Waals surface area contributed by atoms with Crippen LogP contribution < -0.4 is 10.6 Å². The van der Waals surface area contributed by atoms with Gasteiger partial charge in [-0.15, -0.1) is 0 Å². The molecule has 2 aromatic rings. The quantitative estimate of drug-likeness (QED) is 0.852. The summed E-state index contributed by atoms with van der Waals surface area (Å²) in [6, 6.07) is 16.7. The first-order chi connectivity index (χ1) is 11.2. The largest absolute Gasteiger partial charge is 0.382 e. The van der Waals surface area contributed by atoms with Crippen molar-refractivity contribution in [3.63, 3.8) is 0 Å². The molecule has 1 aliphatic rings. The van der Waals surface area contributed by atoms with Crippen molar-refractivity contribution < 1.29 is 4.79 Å². The Morgan fingerprint density at radius 1 is 0.957 bits per heavy atom. The lowest BCUT2D eigenvalue weighted by atomic mass is 10.1. The van der Waals surface area contributed by atoms with Crippen molar-refractivity contribution in [3.05, 3.63) is 59.7 Å². The van der Waals surface area contributed by atoms with Gasteiger partial charge in [-0.1, -0.05) is 42.7 Å². The summed E-state index contributed by atoms with van der Waals surface area (Å²) in [4.78, 5) is 12.1. The predicted molar refractivity (Wildman–Crippen MR) is 95.8 cm³/mol. The van der Waals surface area contributed by atoms with Crippen LogP contribution in [0.2, 0.25) is 0 Å². The van der Waals surface area contributed by atoms with Crippen LogP contribution in [0, 0.1) is 6.92 Å². The summed E-state index contributed by atoms with van der Waals surface area (Å²) >= 11 is 0. The van der Waals surface area contributed by atoms with Crippen LogP contribution in [0.1, 0.15) is 36.8 Å². The van der Waals surface area contributed by atoms with E-state index in [2.05, 4.69) is 10.6 Å². The number of benzene rings is 2. The van der Waals surface area contributed by atoms with Crippen LogP contribution in [0.5, 0.6) is 0 Å². The molecule has 3 nitrogen and oxygen atoms in total. The maximum Gasteiger partial charge on any atom is 0.228 e. The van der Waals surface area contributed by atoms with Gasteiger partial charge in [-0.25, -0.2) is 0 Å². The number of rotatable bonds is 5. The molecule has 0 aromatic heterocycles. The summed E-state index contributed by atoms with van der Waals surface area (Å²) in [5.74, 6) is 0.0188. The molecule has 0 atom stereocenters. The fraction of sp³-hybridized carbons (Fsp3) is 0.350. The summed E-state index contributed by atoms with van der Waals surface area (Å²) < 4.78 is 0. The molecular weight excluding hydrogens is 284 g/mol. The minimum atomic E-state index is 0.0188. The van der Waals surface area contributed by atoms with Crippen molar-refractivity contribution in [2.45, 2.75) is 45.1 Å². The molecule has 0 bridgehead atoms. The van der Waals surface area contributed by atoms with Crippen molar-refractivity contribution in [3.8, 4) is 0 Å². The van der Waals surface area contributed by atoms with E-state index in [0.717, 1.165) is 16.9 Å². The first-order valence-corrected chi connectivity index (χ1v) is 8.41. The molecule has 0 unspecified atom stereocenters. The second kappa shape index (κ2) is 7.32. The van der Waals surface area contributed by atoms with Crippen LogP contribution in [-0.2, 0) is 11.2 Å². The number of amides is 1. The third-order valence-electron chi connectivity index (χ3n) is 4.38. The molecule has 0 spiro atoms. The number of aryl methyl sites for hydroxylation is 1. The van der Waals surface area contributed by atoms with Gasteiger partial charge in [0.25, 0.3) is 0 Å². The molecule has 1 aliphatic carbocycles. The Hall–Kier alpha value is -2.29. The molecule has 120 valence electrons. The predicted octanol–water partition coefficient (Wildman–Crippen LogP) is 4.53. The van der Waals surface area contributed by atoms with Gasteiger partial charge >= 0.3 is 0 Å². The van der Waals surface area contributed by atoms with Gasteiger partial charge in [-0.05, 0) is 49.6 Å². The van der Waals surface area contributed by atoms with E-state index in [0.29, 0.717) is 12.5 Å². The van der Waals surface area contributed by atoms with Crippen LogP contribution in [0.25, 0.3) is 0 Å². The summed E-state index contributed by atoms with van der Waals surface area (Å²) in [7, 11) is 0. The third-order valence-corrected chi connectivity index (χ3v) is 4.38. The van der Waals surface area contributed by atoms with Gasteiger partial charge < -0.3 is 10.6 Å². The molecule has 0 saturated heterocycles. The van der Waals surface area contributed by atoms with Gasteiger partial charge in [0.15, 0.2) is 0 Å². The van der Waals surface area contributed by atoms with E-state index in [1.54, 1.807) is 0 Å². The number of carbonyl (C=O) groups excluding carboxylic acids is 1. The van der Waals surface area contributed by atoms with Crippen molar-refractivity contribution in [1.82, 2.24) is 0 Å². The standard InChI is InChI=1S/C20H24N2O/c1-15-6-8-16(9-7-15)14-20(23)22-19-12-10-18(11-13-19)21-17-4-2-3-5-17/h6-13,17,21H,2-5,14H2,1H3,(H,22,23). The Kier molecular flexibility index (Phi) is 4.96. The Labute approximate surface area is 138 Å². The van der Waals surface area contributed by atoms with E-state index in [1.807, 2.05) is 55.5 Å². The summed E-state index contributed by atoms with van der Waals surface area (Å²) in [6.45, 7) is 2.05. The van der Waals surface area contributed by atoms with Gasteiger partial charge in [-0.3, -0.25) is 4.79 Å². The topological polar surface area (TPSA) is 41.1 Å². The summed E-state index contributed by atoms with van der Waals surface area (Å²) in [6.07, 6.45) is 5.57. The average molecular weight is 308 g/mol. The molecule has 3 heteroatoms. The molecule has 0 aliphatic heterocycles. The maximum absolute atomic E-state index is 12.1. The van der Waals surface area contributed by atoms with E-state index in [4.69, 9.17) is 0 Å². The SMILES string of the molecule is Cc1ccc(CC(=O)Nc2ccc(NC3CCCC3)cc2)cc1. The molecule has 2 N–H and O–H groups in total. The highest BCUT2D eigenvalue weighted by Crippen LogP contribution is 2.23. The zero-order valence-corrected chi connectivity index (χ0v) is 13.6. The van der Waals surface area contributed by atoms with Crippen LogP contribution in [0.15, 0.2) is 48.5 Å². The van der Waals surface area contributed by atoms with E-state index in [1.165, 1.54) is 31.2 Å². The normalized spacial score (nSPS) is 14.7. The lowest BCUT2D eigenvalue weighted by molar-refractivity contribution is -0.115. The molecule has 0 heterocycles. The molecule has 1 saturated carbocycles. The van der Waals surface area contributed by atoms with Crippen LogP contribution in [0.3, 0.4) is 0 Å². The van der Waals surface area contributed by atoms with Crippen LogP contribution in [-0.4, -0.2) is 11.9 Å². The number of hydrogen-bond donors (Lipinski definition) is 2. The smallest absolute Gasteiger partial charge is 0.228 e. The summed E-state index contributed by atoms with van der Waals surface area (Å²) in [5, 5.41) is 6.51. The Balaban J connectivity index is 1.52. The van der Waals surface area contributed by atoms with E-state index < -0.39 is 0 Å². The van der Waals surface area contributed by atoms with E-state index in [-0.39, 0.29) is 5.91 Å². The second-order valence-corrected chi connectivity index (χ2v) is 6.41. The zero-order chi connectivity index (χ0) is 16.1. The highest BCUT2D eigenvalue weighted by molar-refractivity contribution is 5.92. The second-order valence-electron chi connectivity index (χ2n) is 6.41. The highest BCUT2D eigenvalue weighted by Gasteiger charge is 2.14. The fourth-order valence-electron chi connectivity index (χ4n) is 3.05. The Morgan fingerprint density at radius 2 is 1.57 bits per heavy atom. The summed E-state index contributed by atoms with van der Waals surface area (Å²) in [5.41, 5.74) is 4.22. The Morgan fingerprint density at radius 3 is 2.22 bits per heavy atom. The monoisotopic (exact) mass is 308 g/mol. The zero-order valence-electron chi connectivity index (χ0n) is 13.6. The lowest BCUT2D eigenvalue weighted by Crippen LogP contribution is -2.15. The van der Waals surface area contributed by atoms with Crippen molar-refractivity contribution in [2.75, 3.05) is 10.6 Å². The molecule has 2 aromatic carbocycles. The molecule has 3 rings (SSSR count). The van der Waals surface area contributed by atoms with Gasteiger partial charge in [-0.2, -0.15) is 0 Å². The highest BCUT2D eigenvalue weighted by atomic mass is 16.1. The van der Waals surface area contributed by atoms with Crippen molar-refractivity contribution in [1.29, 1.82) is 0 Å². The average Bonchev–Trinajstić information content (AvgIpc) is 3.04. The number of anilines is 2. The molecular formula is C20H24N2O. The minimum absolute atomic E-state index is 0.0188. The number of nitrogens with one attached hydrogen (secondary N) is 2. The van der Waals surface area contributed by atoms with Crippen molar-refractivity contribution >= 4 is 17.3 Å². The third kappa shape index (κ3) is 4.59. The lowest BCUT2D eigenvalue weighted by Gasteiger charge is -2.14. The van der Waals surface area contributed by atoms with E-state index in [9.17, 15) is 4.79 Å². The minimum Gasteiger partial charge on any atom is -0.382 e. The van der Waals surface area contributed by atoms with Gasteiger partial charge in [0.05, 0.1) is 6.42 Å². The fourth-order valence-corrected chi connectivity index (χ4v) is 3.05. The number of carbonyl (C=O) groups is 1. The molecule has 1 fully saturated rings. The van der Waals surface area contributed by atoms with Gasteiger partial charge in [0.1, 0.15) is 0 Å². The van der Waals surface area contributed by atoms with Crippen LogP contribution >= 0.6 is 0 Å². The van der Waals surface area contributed by atoms with Gasteiger partial charge in [0.2, 0.25) is 5.91 Å². The van der Waals surface area contributed by atoms with E-state index >= 15 is 0 Å². The van der Waals surface area contributed by atoms with Crippen LogP contribution in [0.4, 0.5) is 11.4 Å². The maximum atomic E-state index is 12.1. The Bertz CT molecular complexity index is 640. The van der Waals surface area contributed by atoms with Crippen molar-refractivity contribution in [2.24, 2.45) is 0 Å². The van der Waals surface area contributed by atoms with Gasteiger partial charge in [0, 0.05) is 17.4 Å². The molecule has 1 amide bonds. The molecule has 23 heavy (non-hydrogen) atoms. The first-order valence-electron chi connectivity index (χ1n) is 8.41. The first kappa shape index (κ1) is 15.6.